The van der Waals surface area contributed by atoms with Gasteiger partial charge in [0.25, 0.3) is 0 Å². The highest BCUT2D eigenvalue weighted by Gasteiger charge is 2.10. The van der Waals surface area contributed by atoms with E-state index in [1.807, 2.05) is 0 Å². The Bertz CT molecular complexity index is 364. The number of carbonyl (C=O) groups excluding carboxylic acids is 2. The number of phenolic OH excluding ortho intramolecular Hbond substituents is 2. The normalized spacial score (nSPS) is 8.88. The first-order chi connectivity index (χ1) is 7.56. The number of hydrogen-bond donors (Lipinski definition) is 3. The molecule has 0 saturated carbocycles. The molecule has 0 radical (unpaired) electrons. The number of rotatable bonds is 3. The topological polar surface area (TPSA) is 110 Å². The average molecular weight is 227 g/mol. The van der Waals surface area contributed by atoms with Gasteiger partial charge in [-0.25, -0.2) is 5.90 Å². The number of phenols is 2. The Hall–Kier alpha value is -1.92. The van der Waals surface area contributed by atoms with Crippen LogP contribution in [0.5, 0.6) is 11.5 Å². The highest BCUT2D eigenvalue weighted by molar-refractivity contribution is 6.04. The summed E-state index contributed by atoms with van der Waals surface area (Å²) in [7, 11) is 1.40. The first kappa shape index (κ1) is 14.1. The van der Waals surface area contributed by atoms with Crippen molar-refractivity contribution in [3.05, 3.63) is 23.8 Å². The molecule has 4 N–H and O–H groups in total. The molecule has 0 bridgehead atoms. The molecule has 0 heterocycles. The Morgan fingerprint density at radius 2 is 2.06 bits per heavy atom. The maximum Gasteiger partial charge on any atom is 0.173 e. The number of hydrogen-bond acceptors (Lipinski definition) is 6. The number of nitrogens with two attached hydrogens (primary N) is 1. The van der Waals surface area contributed by atoms with E-state index in [2.05, 4.69) is 10.7 Å². The standard InChI is InChI=1S/C9H8O4.CH5NO/c10-4-3-8(12)7-2-1-6(11)5-9(7)13;1-3-2/h1-2,4-5,11,13H,3H2;2H2,1H3. The molecule has 0 fully saturated rings. The van der Waals surface area contributed by atoms with Crippen molar-refractivity contribution >= 4 is 12.1 Å². The lowest BCUT2D eigenvalue weighted by Crippen LogP contribution is -1.99. The van der Waals surface area contributed by atoms with Crippen LogP contribution in [0, 0.1) is 0 Å². The molecule has 0 saturated heterocycles. The zero-order valence-corrected chi connectivity index (χ0v) is 8.71. The van der Waals surface area contributed by atoms with Gasteiger partial charge in [0.2, 0.25) is 0 Å². The fourth-order valence-electron chi connectivity index (χ4n) is 0.941. The molecular weight excluding hydrogens is 214 g/mol. The zero-order chi connectivity index (χ0) is 12.6. The molecule has 6 nitrogen and oxygen atoms in total. The lowest BCUT2D eigenvalue weighted by molar-refractivity contribution is -0.107. The summed E-state index contributed by atoms with van der Waals surface area (Å²) < 4.78 is 0. The summed E-state index contributed by atoms with van der Waals surface area (Å²) in [6, 6.07) is 3.60. The molecule has 16 heavy (non-hydrogen) atoms. The third-order valence-corrected chi connectivity index (χ3v) is 1.55. The van der Waals surface area contributed by atoms with Crippen LogP contribution >= 0.6 is 0 Å². The highest BCUT2D eigenvalue weighted by Crippen LogP contribution is 2.23. The number of aldehydes is 1. The maximum absolute atomic E-state index is 11.1. The Morgan fingerprint density at radius 1 is 1.50 bits per heavy atom. The summed E-state index contributed by atoms with van der Waals surface area (Å²) >= 11 is 0. The van der Waals surface area contributed by atoms with Gasteiger partial charge in [-0.3, -0.25) is 4.79 Å². The fraction of sp³-hybridized carbons (Fsp3) is 0.200. The molecule has 0 spiro atoms. The van der Waals surface area contributed by atoms with Gasteiger partial charge in [-0.15, -0.1) is 0 Å². The molecule has 88 valence electrons. The monoisotopic (exact) mass is 227 g/mol. The number of carbonyl (C=O) groups is 2. The first-order valence-corrected chi connectivity index (χ1v) is 4.28. The van der Waals surface area contributed by atoms with E-state index in [0.29, 0.717) is 6.29 Å². The summed E-state index contributed by atoms with van der Waals surface area (Å²) in [5, 5.41) is 18.1. The lowest BCUT2D eigenvalue weighted by Gasteiger charge is -2.00. The van der Waals surface area contributed by atoms with Crippen LogP contribution in [-0.4, -0.2) is 29.4 Å². The molecule has 1 rings (SSSR count). The van der Waals surface area contributed by atoms with Gasteiger partial charge in [0, 0.05) is 6.07 Å². The molecule has 0 unspecified atom stereocenters. The quantitative estimate of drug-likeness (QED) is 0.298. The van der Waals surface area contributed by atoms with Crippen molar-refractivity contribution in [1.82, 2.24) is 0 Å². The summed E-state index contributed by atoms with van der Waals surface area (Å²) in [6.45, 7) is 0. The zero-order valence-electron chi connectivity index (χ0n) is 8.71. The van der Waals surface area contributed by atoms with E-state index < -0.39 is 5.78 Å². The molecule has 1 aromatic carbocycles. The summed E-state index contributed by atoms with van der Waals surface area (Å²) in [6.07, 6.45) is 0.201. The Balaban J connectivity index is 0.000000673. The van der Waals surface area contributed by atoms with Gasteiger partial charge in [-0.05, 0) is 12.1 Å². The summed E-state index contributed by atoms with van der Waals surface area (Å²) in [5.74, 6) is 3.44. The van der Waals surface area contributed by atoms with Crippen LogP contribution in [-0.2, 0) is 9.63 Å². The second kappa shape index (κ2) is 7.38. The van der Waals surface area contributed by atoms with Crippen molar-refractivity contribution in [2.24, 2.45) is 5.90 Å². The highest BCUT2D eigenvalue weighted by atomic mass is 16.6. The summed E-state index contributed by atoms with van der Waals surface area (Å²) in [4.78, 5) is 24.9. The van der Waals surface area contributed by atoms with Crippen molar-refractivity contribution in [3.8, 4) is 11.5 Å². The van der Waals surface area contributed by atoms with Gasteiger partial charge >= 0.3 is 0 Å². The predicted molar refractivity (Wildman–Crippen MR) is 56.0 cm³/mol. The fourth-order valence-corrected chi connectivity index (χ4v) is 0.941. The van der Waals surface area contributed by atoms with Gasteiger partial charge in [0.1, 0.15) is 17.8 Å². The molecule has 0 aliphatic rings. The first-order valence-electron chi connectivity index (χ1n) is 4.28. The third kappa shape index (κ3) is 4.54. The van der Waals surface area contributed by atoms with Crippen LogP contribution in [0.2, 0.25) is 0 Å². The Kier molecular flexibility index (Phi) is 6.50. The van der Waals surface area contributed by atoms with E-state index in [9.17, 15) is 14.7 Å². The molecule has 0 aromatic heterocycles. The number of benzene rings is 1. The van der Waals surface area contributed by atoms with Crippen molar-refractivity contribution < 1.29 is 24.6 Å². The Labute approximate surface area is 92.2 Å². The van der Waals surface area contributed by atoms with Crippen molar-refractivity contribution in [3.63, 3.8) is 0 Å². The van der Waals surface area contributed by atoms with Gasteiger partial charge in [-0.1, -0.05) is 0 Å². The molecule has 0 aliphatic carbocycles. The van der Waals surface area contributed by atoms with Crippen LogP contribution in [0.3, 0.4) is 0 Å². The van der Waals surface area contributed by atoms with Crippen LogP contribution in [0.1, 0.15) is 16.8 Å². The van der Waals surface area contributed by atoms with E-state index >= 15 is 0 Å². The van der Waals surface area contributed by atoms with E-state index in [0.717, 1.165) is 6.07 Å². The minimum absolute atomic E-state index is 0.0462. The Morgan fingerprint density at radius 3 is 2.50 bits per heavy atom. The second-order valence-corrected chi connectivity index (χ2v) is 2.73. The van der Waals surface area contributed by atoms with Gasteiger partial charge in [0.15, 0.2) is 5.78 Å². The van der Waals surface area contributed by atoms with Crippen molar-refractivity contribution in [1.29, 1.82) is 0 Å². The SMILES string of the molecule is CON.O=CCC(=O)c1ccc(O)cc1O. The molecule has 0 amide bonds. The van der Waals surface area contributed by atoms with Crippen molar-refractivity contribution in [2.75, 3.05) is 7.11 Å². The van der Waals surface area contributed by atoms with Gasteiger partial charge < -0.3 is 19.8 Å². The smallest absolute Gasteiger partial charge is 0.173 e. The van der Waals surface area contributed by atoms with E-state index in [1.165, 1.54) is 19.2 Å². The van der Waals surface area contributed by atoms with Crippen LogP contribution < -0.4 is 5.90 Å². The van der Waals surface area contributed by atoms with E-state index in [-0.39, 0.29) is 23.5 Å². The van der Waals surface area contributed by atoms with Crippen LogP contribution in [0.15, 0.2) is 18.2 Å². The van der Waals surface area contributed by atoms with Gasteiger partial charge in [-0.2, -0.15) is 0 Å². The van der Waals surface area contributed by atoms with Crippen molar-refractivity contribution in [2.45, 2.75) is 6.42 Å². The minimum Gasteiger partial charge on any atom is -0.508 e. The average Bonchev–Trinajstić information content (AvgIpc) is 2.18. The second-order valence-electron chi connectivity index (χ2n) is 2.73. The maximum atomic E-state index is 11.1. The molecule has 0 aliphatic heterocycles. The molecule has 6 heteroatoms. The minimum atomic E-state index is -0.465. The number of ketones is 1. The summed E-state index contributed by atoms with van der Waals surface area (Å²) in [5.41, 5.74) is 0.0462. The predicted octanol–water partition coefficient (Wildman–Crippen LogP) is 0.376. The van der Waals surface area contributed by atoms with Crippen LogP contribution in [0.25, 0.3) is 0 Å². The number of Topliss-reactive ketones (excluding diaryl/α,β-unsaturated/α-hetero) is 1. The van der Waals surface area contributed by atoms with Crippen LogP contribution in [0.4, 0.5) is 0 Å². The number of aromatic hydroxyl groups is 2. The van der Waals surface area contributed by atoms with Gasteiger partial charge in [0.05, 0.1) is 19.1 Å². The van der Waals surface area contributed by atoms with E-state index in [4.69, 9.17) is 5.11 Å². The lowest BCUT2D eigenvalue weighted by atomic mass is 10.1. The van der Waals surface area contributed by atoms with E-state index in [1.54, 1.807) is 0 Å². The molecular formula is C10H13NO5. The molecule has 1 aromatic rings. The third-order valence-electron chi connectivity index (χ3n) is 1.55. The molecule has 0 atom stereocenters. The largest absolute Gasteiger partial charge is 0.508 e.